The van der Waals surface area contributed by atoms with Crippen LogP contribution in [0.1, 0.15) is 6.92 Å². The third kappa shape index (κ3) is 2.52. The van der Waals surface area contributed by atoms with Gasteiger partial charge in [0, 0.05) is 11.8 Å². The van der Waals surface area contributed by atoms with Gasteiger partial charge in [0.05, 0.1) is 16.7 Å². The summed E-state index contributed by atoms with van der Waals surface area (Å²) >= 11 is 12.2. The Morgan fingerprint density at radius 1 is 1.29 bits per heavy atom. The summed E-state index contributed by atoms with van der Waals surface area (Å²) in [5, 5.41) is 0.965. The molecular weight excluding hydrogens is 309 g/mol. The molecule has 108 valence electrons. The van der Waals surface area contributed by atoms with E-state index >= 15 is 0 Å². The van der Waals surface area contributed by atoms with E-state index in [2.05, 4.69) is 4.98 Å². The smallest absolute Gasteiger partial charge is 0.158 e. The van der Waals surface area contributed by atoms with Gasteiger partial charge in [0.15, 0.2) is 5.65 Å². The SMILES string of the molecule is CCOc1cccc(-c2nc3c(Cl)cc(Cl)cn3c2N)c1. The van der Waals surface area contributed by atoms with Crippen molar-refractivity contribution in [1.82, 2.24) is 9.38 Å². The molecule has 1 aromatic carbocycles. The zero-order chi connectivity index (χ0) is 15.0. The molecule has 0 amide bonds. The summed E-state index contributed by atoms with van der Waals surface area (Å²) in [6, 6.07) is 9.26. The summed E-state index contributed by atoms with van der Waals surface area (Å²) in [5.41, 5.74) is 8.28. The second kappa shape index (κ2) is 5.47. The van der Waals surface area contributed by atoms with Crippen LogP contribution >= 0.6 is 23.2 Å². The molecule has 0 atom stereocenters. The molecule has 0 spiro atoms. The Morgan fingerprint density at radius 3 is 2.86 bits per heavy atom. The lowest BCUT2D eigenvalue weighted by molar-refractivity contribution is 0.340. The summed E-state index contributed by atoms with van der Waals surface area (Å²) in [5.74, 6) is 1.26. The van der Waals surface area contributed by atoms with Crippen LogP contribution < -0.4 is 10.5 Å². The maximum absolute atomic E-state index is 6.18. The summed E-state index contributed by atoms with van der Waals surface area (Å²) in [6.07, 6.45) is 1.70. The van der Waals surface area contributed by atoms with E-state index in [1.54, 1.807) is 16.7 Å². The molecule has 2 aromatic heterocycles. The predicted octanol–water partition coefficient (Wildman–Crippen LogP) is 4.29. The van der Waals surface area contributed by atoms with E-state index in [1.807, 2.05) is 31.2 Å². The first-order chi connectivity index (χ1) is 10.1. The third-order valence-electron chi connectivity index (χ3n) is 3.10. The number of nitrogens with two attached hydrogens (primary N) is 1. The van der Waals surface area contributed by atoms with Gasteiger partial charge in [0.2, 0.25) is 0 Å². The van der Waals surface area contributed by atoms with Gasteiger partial charge in [-0.3, -0.25) is 4.40 Å². The van der Waals surface area contributed by atoms with Gasteiger partial charge in [0.25, 0.3) is 0 Å². The highest BCUT2D eigenvalue weighted by molar-refractivity contribution is 6.36. The van der Waals surface area contributed by atoms with Gasteiger partial charge in [0.1, 0.15) is 17.3 Å². The molecule has 21 heavy (non-hydrogen) atoms. The number of nitrogens with zero attached hydrogens (tertiary/aromatic N) is 2. The Balaban J connectivity index is 2.19. The van der Waals surface area contributed by atoms with Crippen molar-refractivity contribution in [2.24, 2.45) is 0 Å². The quantitative estimate of drug-likeness (QED) is 0.782. The molecule has 0 fully saturated rings. The number of halogens is 2. The van der Waals surface area contributed by atoms with Gasteiger partial charge in [-0.05, 0) is 25.1 Å². The van der Waals surface area contributed by atoms with Crippen molar-refractivity contribution in [2.75, 3.05) is 12.3 Å². The fourth-order valence-corrected chi connectivity index (χ4v) is 2.72. The van der Waals surface area contributed by atoms with E-state index in [1.165, 1.54) is 0 Å². The molecule has 4 nitrogen and oxygen atoms in total. The largest absolute Gasteiger partial charge is 0.494 e. The molecule has 0 bridgehead atoms. The lowest BCUT2D eigenvalue weighted by Crippen LogP contribution is -1.95. The molecule has 0 saturated heterocycles. The molecular formula is C15H13Cl2N3O. The van der Waals surface area contributed by atoms with Crippen LogP contribution in [-0.4, -0.2) is 16.0 Å². The number of aromatic nitrogens is 2. The van der Waals surface area contributed by atoms with Crippen molar-refractivity contribution in [3.05, 3.63) is 46.6 Å². The summed E-state index contributed by atoms with van der Waals surface area (Å²) in [4.78, 5) is 4.52. The number of ether oxygens (including phenoxy) is 1. The van der Waals surface area contributed by atoms with Gasteiger partial charge >= 0.3 is 0 Å². The van der Waals surface area contributed by atoms with Crippen molar-refractivity contribution < 1.29 is 4.74 Å². The van der Waals surface area contributed by atoms with Crippen LogP contribution in [-0.2, 0) is 0 Å². The van der Waals surface area contributed by atoms with Gasteiger partial charge in [-0.25, -0.2) is 4.98 Å². The minimum absolute atomic E-state index is 0.460. The van der Waals surface area contributed by atoms with E-state index in [4.69, 9.17) is 33.7 Å². The molecule has 0 aliphatic carbocycles. The van der Waals surface area contributed by atoms with Crippen molar-refractivity contribution in [3.63, 3.8) is 0 Å². The number of fused-ring (bicyclic) bond motifs is 1. The number of nitrogen functional groups attached to an aromatic ring is 1. The highest BCUT2D eigenvalue weighted by atomic mass is 35.5. The maximum atomic E-state index is 6.18. The van der Waals surface area contributed by atoms with Crippen LogP contribution in [0.5, 0.6) is 5.75 Å². The predicted molar refractivity (Wildman–Crippen MR) is 86.2 cm³/mol. The van der Waals surface area contributed by atoms with Crippen LogP contribution in [0.2, 0.25) is 10.0 Å². The van der Waals surface area contributed by atoms with Crippen molar-refractivity contribution in [3.8, 4) is 17.0 Å². The van der Waals surface area contributed by atoms with Crippen molar-refractivity contribution >= 4 is 34.7 Å². The Bertz CT molecular complexity index is 814. The number of anilines is 1. The molecule has 3 rings (SSSR count). The normalized spacial score (nSPS) is 11.0. The summed E-state index contributed by atoms with van der Waals surface area (Å²) in [7, 11) is 0. The third-order valence-corrected chi connectivity index (χ3v) is 3.58. The molecule has 0 aliphatic rings. The van der Waals surface area contributed by atoms with Crippen LogP contribution in [0.4, 0.5) is 5.82 Å². The van der Waals surface area contributed by atoms with Crippen molar-refractivity contribution in [2.45, 2.75) is 6.92 Å². The van der Waals surface area contributed by atoms with E-state index in [0.717, 1.165) is 11.3 Å². The molecule has 0 unspecified atom stereocenters. The topological polar surface area (TPSA) is 52.5 Å². The number of pyridine rings is 1. The number of hydrogen-bond donors (Lipinski definition) is 1. The lowest BCUT2D eigenvalue weighted by Gasteiger charge is -2.05. The minimum atomic E-state index is 0.460. The molecule has 2 heterocycles. The molecule has 0 aliphatic heterocycles. The van der Waals surface area contributed by atoms with Crippen LogP contribution in [0, 0.1) is 0 Å². The molecule has 3 aromatic rings. The molecule has 6 heteroatoms. The summed E-state index contributed by atoms with van der Waals surface area (Å²) < 4.78 is 7.19. The molecule has 0 saturated carbocycles. The van der Waals surface area contributed by atoms with Crippen molar-refractivity contribution in [1.29, 1.82) is 0 Å². The highest BCUT2D eigenvalue weighted by Gasteiger charge is 2.14. The van der Waals surface area contributed by atoms with Gasteiger partial charge in [-0.1, -0.05) is 35.3 Å². The van der Waals surface area contributed by atoms with E-state index in [-0.39, 0.29) is 0 Å². The van der Waals surface area contributed by atoms with Gasteiger partial charge in [-0.15, -0.1) is 0 Å². The first-order valence-corrected chi connectivity index (χ1v) is 7.21. The number of imidazole rings is 1. The fourth-order valence-electron chi connectivity index (χ4n) is 2.20. The fraction of sp³-hybridized carbons (Fsp3) is 0.133. The van der Waals surface area contributed by atoms with E-state index in [9.17, 15) is 0 Å². The van der Waals surface area contributed by atoms with Gasteiger partial charge < -0.3 is 10.5 Å². The standard InChI is InChI=1S/C15H13Cl2N3O/c1-2-21-11-5-3-4-9(6-11)13-14(18)20-8-10(16)7-12(17)15(20)19-13/h3-8H,2,18H2,1H3. The van der Waals surface area contributed by atoms with Crippen LogP contribution in [0.15, 0.2) is 36.5 Å². The first kappa shape index (κ1) is 14.0. The monoisotopic (exact) mass is 321 g/mol. The Kier molecular flexibility index (Phi) is 3.66. The highest BCUT2D eigenvalue weighted by Crippen LogP contribution is 2.32. The zero-order valence-corrected chi connectivity index (χ0v) is 12.8. The Morgan fingerprint density at radius 2 is 2.10 bits per heavy atom. The van der Waals surface area contributed by atoms with E-state index < -0.39 is 0 Å². The minimum Gasteiger partial charge on any atom is -0.494 e. The second-order valence-corrected chi connectivity index (χ2v) is 5.35. The Labute approximate surface area is 132 Å². The summed E-state index contributed by atoms with van der Waals surface area (Å²) in [6.45, 7) is 2.54. The molecule has 0 radical (unpaired) electrons. The average molecular weight is 322 g/mol. The number of rotatable bonds is 3. The average Bonchev–Trinajstić information content (AvgIpc) is 2.78. The number of benzene rings is 1. The maximum Gasteiger partial charge on any atom is 0.158 e. The number of hydrogen-bond acceptors (Lipinski definition) is 3. The van der Waals surface area contributed by atoms with Crippen LogP contribution in [0.3, 0.4) is 0 Å². The first-order valence-electron chi connectivity index (χ1n) is 6.46. The second-order valence-electron chi connectivity index (χ2n) is 4.51. The Hall–Kier alpha value is -1.91. The van der Waals surface area contributed by atoms with E-state index in [0.29, 0.717) is 33.8 Å². The van der Waals surface area contributed by atoms with Gasteiger partial charge in [-0.2, -0.15) is 0 Å². The molecule has 2 N–H and O–H groups in total. The lowest BCUT2D eigenvalue weighted by atomic mass is 10.1. The van der Waals surface area contributed by atoms with Crippen LogP contribution in [0.25, 0.3) is 16.9 Å². The zero-order valence-electron chi connectivity index (χ0n) is 11.3.